The third-order valence-electron chi connectivity index (χ3n) is 1.78. The molecule has 0 N–H and O–H groups in total. The minimum atomic E-state index is -0.217. The van der Waals surface area contributed by atoms with Gasteiger partial charge in [-0.3, -0.25) is 4.79 Å². The van der Waals surface area contributed by atoms with E-state index in [0.29, 0.717) is 14.8 Å². The number of rotatable bonds is 2. The highest BCUT2D eigenvalue weighted by Gasteiger charge is 2.11. The minimum absolute atomic E-state index is 0.217. The van der Waals surface area contributed by atoms with E-state index in [4.69, 9.17) is 24.2 Å². The smallest absolute Gasteiger partial charge is 0.212 e. The van der Waals surface area contributed by atoms with Gasteiger partial charge in [-0.25, -0.2) is 16.0 Å². The van der Waals surface area contributed by atoms with E-state index in [2.05, 4.69) is 9.59 Å². The summed E-state index contributed by atoms with van der Waals surface area (Å²) in [5.41, 5.74) is 0.746. The second kappa shape index (κ2) is 4.22. The van der Waals surface area contributed by atoms with Crippen LogP contribution in [0.25, 0.3) is 0 Å². The summed E-state index contributed by atoms with van der Waals surface area (Å²) in [4.78, 5) is 11.8. The zero-order valence-electron chi connectivity index (χ0n) is 7.31. The van der Waals surface area contributed by atoms with Gasteiger partial charge in [-0.1, -0.05) is 15.8 Å². The van der Waals surface area contributed by atoms with Crippen molar-refractivity contribution in [3.63, 3.8) is 0 Å². The van der Waals surface area contributed by atoms with Gasteiger partial charge < -0.3 is 12.6 Å². The summed E-state index contributed by atoms with van der Waals surface area (Å²) < 4.78 is 4.04. The molecule has 0 spiro atoms. The van der Waals surface area contributed by atoms with Gasteiger partial charge in [0.15, 0.2) is 0 Å². The van der Waals surface area contributed by atoms with E-state index >= 15 is 0 Å². The van der Waals surface area contributed by atoms with Crippen molar-refractivity contribution in [3.8, 4) is 0 Å². The number of benzene rings is 1. The standard InChI is InChI=1S/C9H5ClN2OS2/c10-6-3-1-5(2-4-6)8(13)7-9(14)15-12-11-7/h1-4,14H/p-1. The molecule has 0 bridgehead atoms. The van der Waals surface area contributed by atoms with Crippen molar-refractivity contribution in [2.75, 3.05) is 0 Å². The van der Waals surface area contributed by atoms with Gasteiger partial charge >= 0.3 is 0 Å². The molecule has 0 amide bonds. The van der Waals surface area contributed by atoms with Gasteiger partial charge in [-0.2, -0.15) is 5.10 Å². The van der Waals surface area contributed by atoms with Gasteiger partial charge in [-0.05, 0) is 24.3 Å². The molecule has 1 aromatic carbocycles. The van der Waals surface area contributed by atoms with Crippen molar-refractivity contribution in [2.24, 2.45) is 0 Å². The molecule has 2 aromatic rings. The van der Waals surface area contributed by atoms with E-state index < -0.39 is 0 Å². The van der Waals surface area contributed by atoms with Crippen molar-refractivity contribution in [1.82, 2.24) is 9.59 Å². The summed E-state index contributed by atoms with van der Waals surface area (Å²) in [6.45, 7) is 0. The highest BCUT2D eigenvalue weighted by atomic mass is 35.5. The molecule has 0 saturated carbocycles. The van der Waals surface area contributed by atoms with Crippen molar-refractivity contribution < 1.29 is 4.79 Å². The molecule has 0 aliphatic heterocycles. The molecule has 6 heteroatoms. The Morgan fingerprint density at radius 3 is 2.53 bits per heavy atom. The fourth-order valence-corrected chi connectivity index (χ4v) is 1.83. The van der Waals surface area contributed by atoms with Crippen LogP contribution in [0.5, 0.6) is 0 Å². The van der Waals surface area contributed by atoms with E-state index in [1.54, 1.807) is 24.3 Å². The first kappa shape index (κ1) is 10.5. The summed E-state index contributed by atoms with van der Waals surface area (Å²) >= 11 is 11.7. The lowest BCUT2D eigenvalue weighted by molar-refractivity contribution is 0.103. The largest absolute Gasteiger partial charge is 0.424 e. The molecule has 3 nitrogen and oxygen atoms in total. The molecule has 1 aromatic heterocycles. The minimum Gasteiger partial charge on any atom is -0.424 e. The van der Waals surface area contributed by atoms with Crippen LogP contribution in [0.1, 0.15) is 16.1 Å². The third kappa shape index (κ3) is 2.14. The second-order valence-electron chi connectivity index (χ2n) is 2.75. The maximum atomic E-state index is 11.8. The van der Waals surface area contributed by atoms with Gasteiger partial charge in [0.05, 0.1) is 0 Å². The molecule has 2 rings (SSSR count). The molecule has 0 unspecified atom stereocenters. The zero-order chi connectivity index (χ0) is 10.8. The van der Waals surface area contributed by atoms with Crippen LogP contribution in [0, 0.1) is 0 Å². The SMILES string of the molecule is O=C(c1ccc(Cl)cc1)c1nnsc1[S-]. The Morgan fingerprint density at radius 1 is 1.33 bits per heavy atom. The summed E-state index contributed by atoms with van der Waals surface area (Å²) in [7, 11) is 0. The normalized spacial score (nSPS) is 10.2. The number of carbonyl (C=O) groups excluding carboxylic acids is 1. The number of hydrogen-bond donors (Lipinski definition) is 0. The zero-order valence-corrected chi connectivity index (χ0v) is 9.70. The number of halogens is 1. The Kier molecular flexibility index (Phi) is 2.95. The Hall–Kier alpha value is -1.04. The van der Waals surface area contributed by atoms with Crippen LogP contribution < -0.4 is 0 Å². The number of aromatic nitrogens is 2. The first-order valence-corrected chi connectivity index (χ1v) is 5.54. The number of hydrogen-bond acceptors (Lipinski definition) is 5. The molecule has 15 heavy (non-hydrogen) atoms. The lowest BCUT2D eigenvalue weighted by Crippen LogP contribution is -2.03. The molecule has 0 atom stereocenters. The van der Waals surface area contributed by atoms with E-state index in [1.165, 1.54) is 0 Å². The lowest BCUT2D eigenvalue weighted by Gasteiger charge is -2.00. The quantitative estimate of drug-likeness (QED) is 0.610. The Bertz CT molecular complexity index is 495. The van der Waals surface area contributed by atoms with Crippen LogP contribution >= 0.6 is 23.1 Å². The predicted molar refractivity (Wildman–Crippen MR) is 60.4 cm³/mol. The van der Waals surface area contributed by atoms with Crippen molar-refractivity contribution in [1.29, 1.82) is 0 Å². The molecule has 0 fully saturated rings. The van der Waals surface area contributed by atoms with Crippen LogP contribution in [-0.4, -0.2) is 15.4 Å². The molecule has 76 valence electrons. The van der Waals surface area contributed by atoms with Gasteiger partial charge in [0.25, 0.3) is 0 Å². The van der Waals surface area contributed by atoms with E-state index in [-0.39, 0.29) is 11.5 Å². The number of nitrogens with zero attached hydrogens (tertiary/aromatic N) is 2. The highest BCUT2D eigenvalue weighted by molar-refractivity contribution is 7.62. The molecule has 0 saturated heterocycles. The molecular weight excluding hydrogens is 252 g/mol. The Labute approximate surface area is 101 Å². The monoisotopic (exact) mass is 255 g/mol. The average Bonchev–Trinajstić information content (AvgIpc) is 2.65. The summed E-state index contributed by atoms with van der Waals surface area (Å²) in [5, 5.41) is 4.28. The summed E-state index contributed by atoms with van der Waals surface area (Å²) in [5.74, 6) is -0.217. The third-order valence-corrected chi connectivity index (χ3v) is 2.97. The first-order valence-electron chi connectivity index (χ1n) is 3.98. The Balaban J connectivity index is 2.37. The highest BCUT2D eigenvalue weighted by Crippen LogP contribution is 2.16. The predicted octanol–water partition coefficient (Wildman–Crippen LogP) is 2.33. The Morgan fingerprint density at radius 2 is 2.00 bits per heavy atom. The van der Waals surface area contributed by atoms with Gasteiger partial charge in [0.2, 0.25) is 5.78 Å². The maximum Gasteiger partial charge on any atom is 0.212 e. The average molecular weight is 256 g/mol. The maximum absolute atomic E-state index is 11.8. The lowest BCUT2D eigenvalue weighted by atomic mass is 10.1. The number of ketones is 1. The summed E-state index contributed by atoms with van der Waals surface area (Å²) in [6, 6.07) is 6.58. The van der Waals surface area contributed by atoms with Crippen LogP contribution in [0.2, 0.25) is 5.02 Å². The fourth-order valence-electron chi connectivity index (χ4n) is 1.06. The van der Waals surface area contributed by atoms with Crippen LogP contribution in [-0.2, 0) is 12.6 Å². The summed E-state index contributed by atoms with van der Waals surface area (Å²) in [6.07, 6.45) is 0. The topological polar surface area (TPSA) is 42.9 Å². The van der Waals surface area contributed by atoms with Gasteiger partial charge in [0, 0.05) is 10.6 Å². The molecule has 0 aliphatic carbocycles. The molecule has 1 heterocycles. The van der Waals surface area contributed by atoms with Crippen molar-refractivity contribution >= 4 is 41.5 Å². The van der Waals surface area contributed by atoms with Crippen molar-refractivity contribution in [3.05, 3.63) is 40.5 Å². The number of carbonyl (C=O) groups is 1. The van der Waals surface area contributed by atoms with E-state index in [0.717, 1.165) is 11.5 Å². The van der Waals surface area contributed by atoms with Crippen molar-refractivity contribution in [2.45, 2.75) is 4.21 Å². The molecule has 0 radical (unpaired) electrons. The van der Waals surface area contributed by atoms with E-state index in [9.17, 15) is 4.79 Å². The van der Waals surface area contributed by atoms with E-state index in [1.807, 2.05) is 0 Å². The molecule has 0 aliphatic rings. The second-order valence-corrected chi connectivity index (χ2v) is 4.60. The van der Waals surface area contributed by atoms with Crippen LogP contribution in [0.4, 0.5) is 0 Å². The van der Waals surface area contributed by atoms with Gasteiger partial charge in [0.1, 0.15) is 5.69 Å². The first-order chi connectivity index (χ1) is 7.18. The van der Waals surface area contributed by atoms with Crippen LogP contribution in [0.15, 0.2) is 28.5 Å². The van der Waals surface area contributed by atoms with Crippen LogP contribution in [0.3, 0.4) is 0 Å². The van der Waals surface area contributed by atoms with Gasteiger partial charge in [-0.15, -0.1) is 0 Å². The fraction of sp³-hybridized carbons (Fsp3) is 0. The molecular formula is C9H4ClN2OS2-.